The normalized spacial score (nSPS) is 12.5. The third-order valence-electron chi connectivity index (χ3n) is 3.87. The quantitative estimate of drug-likeness (QED) is 0.325. The maximum absolute atomic E-state index is 6.30. The molecule has 1 rings (SSSR count). The van der Waals surface area contributed by atoms with Crippen LogP contribution in [-0.2, 0) is 0 Å². The van der Waals surface area contributed by atoms with E-state index in [0.717, 1.165) is 30.8 Å². The van der Waals surface area contributed by atoms with Gasteiger partial charge in [0.25, 0.3) is 0 Å². The van der Waals surface area contributed by atoms with Gasteiger partial charge in [-0.3, -0.25) is 0 Å². The Hall–Kier alpha value is -1.44. The number of ether oxygens (including phenoxy) is 2. The van der Waals surface area contributed by atoms with Crippen LogP contribution >= 0.6 is 0 Å². The summed E-state index contributed by atoms with van der Waals surface area (Å²) < 4.78 is 12.0. The lowest BCUT2D eigenvalue weighted by Gasteiger charge is -2.20. The molecule has 0 aliphatic carbocycles. The van der Waals surface area contributed by atoms with E-state index in [1.165, 1.54) is 31.2 Å². The first-order valence-corrected chi connectivity index (χ1v) is 9.26. The summed E-state index contributed by atoms with van der Waals surface area (Å²) >= 11 is 0. The highest BCUT2D eigenvalue weighted by molar-refractivity contribution is 5.42. The van der Waals surface area contributed by atoms with Crippen LogP contribution < -0.4 is 9.47 Å². The molecule has 0 bridgehead atoms. The average Bonchev–Trinajstić information content (AvgIpc) is 2.54. The molecule has 0 N–H and O–H groups in total. The lowest BCUT2D eigenvalue weighted by molar-refractivity contribution is 0.179. The fraction of sp³-hybridized carbons (Fsp3) is 0.619. The lowest BCUT2D eigenvalue weighted by Crippen LogP contribution is -2.16. The summed E-state index contributed by atoms with van der Waals surface area (Å²) in [4.78, 5) is 0. The minimum Gasteiger partial charge on any atom is -0.490 e. The second-order valence-electron chi connectivity index (χ2n) is 6.09. The molecule has 0 saturated carbocycles. The van der Waals surface area contributed by atoms with Crippen LogP contribution in [0.5, 0.6) is 11.5 Å². The molecule has 1 atom stereocenters. The van der Waals surface area contributed by atoms with E-state index < -0.39 is 0 Å². The molecule has 1 unspecified atom stereocenters. The first-order valence-electron chi connectivity index (χ1n) is 9.26. The second-order valence-corrected chi connectivity index (χ2v) is 6.09. The fourth-order valence-corrected chi connectivity index (χ4v) is 2.60. The van der Waals surface area contributed by atoms with Gasteiger partial charge in [-0.15, -0.1) is 0 Å². The van der Waals surface area contributed by atoms with Crippen LogP contribution in [0.3, 0.4) is 0 Å². The Morgan fingerprint density at radius 1 is 1.00 bits per heavy atom. The molecular weight excluding hydrogens is 284 g/mol. The summed E-state index contributed by atoms with van der Waals surface area (Å²) in [5.74, 6) is 1.74. The summed E-state index contributed by atoms with van der Waals surface area (Å²) in [6, 6.07) is 6.20. The van der Waals surface area contributed by atoms with Crippen molar-refractivity contribution in [1.82, 2.24) is 0 Å². The standard InChI is InChI=1S/C21H34O2/c1-5-8-10-12-14-19(13-11-9-6-2)23-20-16-15-18(4)17-21(20)22-7-3/h9,11,15-17,19H,5-8,10,12-14H2,1-4H3. The van der Waals surface area contributed by atoms with Gasteiger partial charge in [0.05, 0.1) is 6.61 Å². The van der Waals surface area contributed by atoms with Crippen molar-refractivity contribution < 1.29 is 9.47 Å². The predicted molar refractivity (Wildman–Crippen MR) is 99.6 cm³/mol. The van der Waals surface area contributed by atoms with E-state index in [4.69, 9.17) is 9.47 Å². The van der Waals surface area contributed by atoms with Crippen LogP contribution in [0.1, 0.15) is 71.3 Å². The summed E-state index contributed by atoms with van der Waals surface area (Å²) in [6.45, 7) is 9.17. The zero-order chi connectivity index (χ0) is 16.9. The molecule has 0 aliphatic rings. The maximum atomic E-state index is 6.30. The molecule has 1 aromatic rings. The van der Waals surface area contributed by atoms with Crippen molar-refractivity contribution in [3.63, 3.8) is 0 Å². The topological polar surface area (TPSA) is 18.5 Å². The molecule has 0 heterocycles. The molecule has 23 heavy (non-hydrogen) atoms. The number of aryl methyl sites for hydroxylation is 1. The van der Waals surface area contributed by atoms with Gasteiger partial charge in [0, 0.05) is 6.42 Å². The summed E-state index contributed by atoms with van der Waals surface area (Å²) in [7, 11) is 0. The molecule has 0 fully saturated rings. The number of rotatable bonds is 12. The molecular formula is C21H34O2. The van der Waals surface area contributed by atoms with Gasteiger partial charge >= 0.3 is 0 Å². The molecule has 1 aromatic carbocycles. The molecule has 0 aromatic heterocycles. The van der Waals surface area contributed by atoms with Gasteiger partial charge in [-0.05, 0) is 50.8 Å². The highest BCUT2D eigenvalue weighted by Crippen LogP contribution is 2.30. The molecule has 2 heteroatoms. The Morgan fingerprint density at radius 3 is 2.52 bits per heavy atom. The minimum atomic E-state index is 0.233. The van der Waals surface area contributed by atoms with Crippen molar-refractivity contribution in [3.8, 4) is 11.5 Å². The molecule has 0 spiro atoms. The van der Waals surface area contributed by atoms with Crippen LogP contribution in [0.15, 0.2) is 30.4 Å². The minimum absolute atomic E-state index is 0.233. The molecule has 0 radical (unpaired) electrons. The molecule has 0 amide bonds. The van der Waals surface area contributed by atoms with Crippen molar-refractivity contribution in [2.45, 2.75) is 78.7 Å². The zero-order valence-corrected chi connectivity index (χ0v) is 15.4. The van der Waals surface area contributed by atoms with Crippen molar-refractivity contribution in [1.29, 1.82) is 0 Å². The Kier molecular flexibility index (Phi) is 10.3. The van der Waals surface area contributed by atoms with Crippen molar-refractivity contribution in [2.24, 2.45) is 0 Å². The smallest absolute Gasteiger partial charge is 0.161 e. The number of hydrogen-bond donors (Lipinski definition) is 0. The van der Waals surface area contributed by atoms with Crippen LogP contribution in [0.25, 0.3) is 0 Å². The van der Waals surface area contributed by atoms with Crippen molar-refractivity contribution in [2.75, 3.05) is 6.61 Å². The van der Waals surface area contributed by atoms with E-state index in [2.05, 4.69) is 45.1 Å². The highest BCUT2D eigenvalue weighted by Gasteiger charge is 2.13. The average molecular weight is 319 g/mol. The van der Waals surface area contributed by atoms with Gasteiger partial charge in [0.15, 0.2) is 11.5 Å². The summed E-state index contributed by atoms with van der Waals surface area (Å²) in [5.41, 5.74) is 1.20. The van der Waals surface area contributed by atoms with Gasteiger partial charge in [-0.2, -0.15) is 0 Å². The predicted octanol–water partition coefficient (Wildman–Crippen LogP) is 6.47. The van der Waals surface area contributed by atoms with E-state index in [1.54, 1.807) is 0 Å². The van der Waals surface area contributed by atoms with Gasteiger partial charge in [0.2, 0.25) is 0 Å². The van der Waals surface area contributed by atoms with Gasteiger partial charge in [-0.25, -0.2) is 0 Å². The highest BCUT2D eigenvalue weighted by atomic mass is 16.5. The van der Waals surface area contributed by atoms with Gasteiger partial charge in [0.1, 0.15) is 6.10 Å². The number of hydrogen-bond acceptors (Lipinski definition) is 2. The Labute approximate surface area is 142 Å². The van der Waals surface area contributed by atoms with E-state index >= 15 is 0 Å². The van der Waals surface area contributed by atoms with E-state index in [-0.39, 0.29) is 6.10 Å². The van der Waals surface area contributed by atoms with E-state index in [9.17, 15) is 0 Å². The van der Waals surface area contributed by atoms with Crippen LogP contribution in [-0.4, -0.2) is 12.7 Å². The van der Waals surface area contributed by atoms with Gasteiger partial charge < -0.3 is 9.47 Å². The Bertz CT molecular complexity index is 451. The summed E-state index contributed by atoms with van der Waals surface area (Å²) in [6.07, 6.45) is 13.0. The monoisotopic (exact) mass is 318 g/mol. The lowest BCUT2D eigenvalue weighted by atomic mass is 10.1. The van der Waals surface area contributed by atoms with Crippen molar-refractivity contribution in [3.05, 3.63) is 35.9 Å². The maximum Gasteiger partial charge on any atom is 0.161 e. The number of unbranched alkanes of at least 4 members (excludes halogenated alkanes) is 3. The van der Waals surface area contributed by atoms with E-state index in [1.807, 2.05) is 13.0 Å². The van der Waals surface area contributed by atoms with Crippen LogP contribution in [0, 0.1) is 6.92 Å². The van der Waals surface area contributed by atoms with E-state index in [0.29, 0.717) is 6.61 Å². The molecule has 2 nitrogen and oxygen atoms in total. The third-order valence-corrected chi connectivity index (χ3v) is 3.87. The molecule has 130 valence electrons. The number of allylic oxidation sites excluding steroid dienone is 1. The first-order chi connectivity index (χ1) is 11.2. The molecule has 0 saturated heterocycles. The Morgan fingerprint density at radius 2 is 1.83 bits per heavy atom. The number of benzene rings is 1. The molecule has 0 aliphatic heterocycles. The Balaban J connectivity index is 2.71. The van der Waals surface area contributed by atoms with Crippen LogP contribution in [0.4, 0.5) is 0 Å². The largest absolute Gasteiger partial charge is 0.490 e. The van der Waals surface area contributed by atoms with Crippen molar-refractivity contribution >= 4 is 0 Å². The first kappa shape index (κ1) is 19.6. The SMILES string of the molecule is CCC=CCC(CCCCCC)Oc1ccc(C)cc1OCC. The summed E-state index contributed by atoms with van der Waals surface area (Å²) in [5, 5.41) is 0. The third kappa shape index (κ3) is 8.11. The van der Waals surface area contributed by atoms with Gasteiger partial charge in [-0.1, -0.05) is 51.3 Å². The van der Waals surface area contributed by atoms with Crippen LogP contribution in [0.2, 0.25) is 0 Å². The fourth-order valence-electron chi connectivity index (χ4n) is 2.60. The second kappa shape index (κ2) is 12.0. The zero-order valence-electron chi connectivity index (χ0n) is 15.4.